The van der Waals surface area contributed by atoms with Gasteiger partial charge in [0.1, 0.15) is 5.76 Å². The Morgan fingerprint density at radius 1 is 1.41 bits per heavy atom. The van der Waals surface area contributed by atoms with Crippen LogP contribution in [0.5, 0.6) is 0 Å². The zero-order valence-corrected chi connectivity index (χ0v) is 11.7. The molecule has 0 unspecified atom stereocenters. The maximum atomic E-state index is 6.11. The van der Waals surface area contributed by atoms with Crippen LogP contribution in [0.2, 0.25) is 5.02 Å². The average Bonchev–Trinajstić information content (AvgIpc) is 2.68. The second-order valence-corrected chi connectivity index (χ2v) is 5.03. The van der Waals surface area contributed by atoms with Gasteiger partial charge in [0.15, 0.2) is 0 Å². The first-order valence-electron chi connectivity index (χ1n) is 5.21. The lowest BCUT2D eigenvalue weighted by molar-refractivity contribution is 0.449. The van der Waals surface area contributed by atoms with E-state index in [0.717, 1.165) is 20.8 Å². The van der Waals surface area contributed by atoms with Crippen molar-refractivity contribution in [2.45, 2.75) is 20.0 Å². The van der Waals surface area contributed by atoms with Gasteiger partial charge in [0.25, 0.3) is 0 Å². The van der Waals surface area contributed by atoms with Crippen LogP contribution in [0.4, 0.5) is 0 Å². The number of rotatable bonds is 4. The lowest BCUT2D eigenvalue weighted by Gasteiger charge is -2.05. The SMILES string of the molecule is Cc1cnc(CNCc2ccc(Br)cc2Cl)o1. The van der Waals surface area contributed by atoms with Crippen molar-refractivity contribution in [3.8, 4) is 0 Å². The van der Waals surface area contributed by atoms with Crippen molar-refractivity contribution in [3.05, 3.63) is 51.1 Å². The van der Waals surface area contributed by atoms with Crippen molar-refractivity contribution in [1.29, 1.82) is 0 Å². The van der Waals surface area contributed by atoms with E-state index in [0.29, 0.717) is 19.0 Å². The highest BCUT2D eigenvalue weighted by Gasteiger charge is 2.03. The standard InChI is InChI=1S/C12H12BrClN2O/c1-8-5-16-12(17-8)7-15-6-9-2-3-10(13)4-11(9)14/h2-5,15H,6-7H2,1H3. The molecule has 0 fully saturated rings. The van der Waals surface area contributed by atoms with Crippen LogP contribution in [-0.2, 0) is 13.1 Å². The third-order valence-electron chi connectivity index (χ3n) is 2.28. The molecule has 3 nitrogen and oxygen atoms in total. The van der Waals surface area contributed by atoms with E-state index in [1.54, 1.807) is 6.20 Å². The molecular formula is C12H12BrClN2O. The van der Waals surface area contributed by atoms with Gasteiger partial charge in [-0.2, -0.15) is 0 Å². The fourth-order valence-electron chi connectivity index (χ4n) is 1.45. The van der Waals surface area contributed by atoms with E-state index in [9.17, 15) is 0 Å². The molecule has 1 heterocycles. The molecule has 1 N–H and O–H groups in total. The van der Waals surface area contributed by atoms with Gasteiger partial charge in [-0.25, -0.2) is 4.98 Å². The zero-order valence-electron chi connectivity index (χ0n) is 9.34. The second kappa shape index (κ2) is 5.67. The molecule has 1 aromatic carbocycles. The summed E-state index contributed by atoms with van der Waals surface area (Å²) in [5.74, 6) is 1.51. The fraction of sp³-hybridized carbons (Fsp3) is 0.250. The molecule has 0 radical (unpaired) electrons. The first kappa shape index (κ1) is 12.6. The highest BCUT2D eigenvalue weighted by molar-refractivity contribution is 9.10. The van der Waals surface area contributed by atoms with Crippen molar-refractivity contribution in [2.75, 3.05) is 0 Å². The molecule has 0 saturated carbocycles. The van der Waals surface area contributed by atoms with Gasteiger partial charge in [-0.05, 0) is 24.6 Å². The second-order valence-electron chi connectivity index (χ2n) is 3.70. The van der Waals surface area contributed by atoms with E-state index >= 15 is 0 Å². The molecule has 0 amide bonds. The molecule has 0 aliphatic heterocycles. The Hall–Kier alpha value is -0.840. The summed E-state index contributed by atoms with van der Waals surface area (Å²) < 4.78 is 6.34. The molecule has 5 heteroatoms. The Morgan fingerprint density at radius 2 is 2.24 bits per heavy atom. The number of benzene rings is 1. The highest BCUT2D eigenvalue weighted by atomic mass is 79.9. The third kappa shape index (κ3) is 3.56. The van der Waals surface area contributed by atoms with Gasteiger partial charge < -0.3 is 9.73 Å². The van der Waals surface area contributed by atoms with Gasteiger partial charge in [-0.1, -0.05) is 33.6 Å². The Labute approximate surface area is 113 Å². The number of aromatic nitrogens is 1. The summed E-state index contributed by atoms with van der Waals surface area (Å²) in [5, 5.41) is 3.98. The number of oxazole rings is 1. The summed E-state index contributed by atoms with van der Waals surface area (Å²) in [7, 11) is 0. The fourth-order valence-corrected chi connectivity index (χ4v) is 2.19. The topological polar surface area (TPSA) is 38.1 Å². The maximum Gasteiger partial charge on any atom is 0.208 e. The smallest absolute Gasteiger partial charge is 0.208 e. The summed E-state index contributed by atoms with van der Waals surface area (Å²) in [4.78, 5) is 4.11. The van der Waals surface area contributed by atoms with Crippen molar-refractivity contribution in [1.82, 2.24) is 10.3 Å². The van der Waals surface area contributed by atoms with E-state index < -0.39 is 0 Å². The molecule has 0 aliphatic carbocycles. The van der Waals surface area contributed by atoms with Gasteiger partial charge >= 0.3 is 0 Å². The molecule has 90 valence electrons. The molecule has 0 aliphatic rings. The quantitative estimate of drug-likeness (QED) is 0.935. The molecule has 0 spiro atoms. The Morgan fingerprint density at radius 3 is 2.88 bits per heavy atom. The molecule has 2 rings (SSSR count). The number of hydrogen-bond donors (Lipinski definition) is 1. The van der Waals surface area contributed by atoms with E-state index in [2.05, 4.69) is 26.2 Å². The number of halogens is 2. The summed E-state index contributed by atoms with van der Waals surface area (Å²) >= 11 is 9.48. The Kier molecular flexibility index (Phi) is 4.20. The molecule has 0 saturated heterocycles. The number of aryl methyl sites for hydroxylation is 1. The molecule has 1 aromatic heterocycles. The molecular weight excluding hydrogens is 304 g/mol. The van der Waals surface area contributed by atoms with Crippen LogP contribution in [0.3, 0.4) is 0 Å². The van der Waals surface area contributed by atoms with Crippen molar-refractivity contribution in [3.63, 3.8) is 0 Å². The van der Waals surface area contributed by atoms with E-state index in [4.69, 9.17) is 16.0 Å². The first-order chi connectivity index (χ1) is 8.15. The lowest BCUT2D eigenvalue weighted by Crippen LogP contribution is -2.13. The normalized spacial score (nSPS) is 10.8. The van der Waals surface area contributed by atoms with Gasteiger partial charge in [-0.15, -0.1) is 0 Å². The summed E-state index contributed by atoms with van der Waals surface area (Å²) in [5.41, 5.74) is 1.05. The molecule has 17 heavy (non-hydrogen) atoms. The van der Waals surface area contributed by atoms with Crippen LogP contribution in [-0.4, -0.2) is 4.98 Å². The van der Waals surface area contributed by atoms with Gasteiger partial charge in [0.05, 0.1) is 12.7 Å². The minimum Gasteiger partial charge on any atom is -0.445 e. The van der Waals surface area contributed by atoms with Crippen LogP contribution >= 0.6 is 27.5 Å². The van der Waals surface area contributed by atoms with Crippen molar-refractivity contribution < 1.29 is 4.42 Å². The maximum absolute atomic E-state index is 6.11. The molecule has 0 atom stereocenters. The predicted octanol–water partition coefficient (Wildman–Crippen LogP) is 3.69. The average molecular weight is 316 g/mol. The van der Waals surface area contributed by atoms with Crippen LogP contribution in [0, 0.1) is 6.92 Å². The number of nitrogens with one attached hydrogen (secondary N) is 1. The van der Waals surface area contributed by atoms with Gasteiger partial charge in [0, 0.05) is 16.0 Å². The minimum atomic E-state index is 0.597. The predicted molar refractivity (Wildman–Crippen MR) is 70.9 cm³/mol. The summed E-state index contributed by atoms with van der Waals surface area (Å²) in [6.45, 7) is 3.16. The molecule has 2 aromatic rings. The van der Waals surface area contributed by atoms with Crippen LogP contribution < -0.4 is 5.32 Å². The lowest BCUT2D eigenvalue weighted by atomic mass is 10.2. The number of hydrogen-bond acceptors (Lipinski definition) is 3. The van der Waals surface area contributed by atoms with Crippen molar-refractivity contribution in [2.24, 2.45) is 0 Å². The highest BCUT2D eigenvalue weighted by Crippen LogP contribution is 2.21. The Bertz CT molecular complexity index is 513. The zero-order chi connectivity index (χ0) is 12.3. The summed E-state index contributed by atoms with van der Waals surface area (Å²) in [6, 6.07) is 5.84. The van der Waals surface area contributed by atoms with Crippen LogP contribution in [0.25, 0.3) is 0 Å². The largest absolute Gasteiger partial charge is 0.445 e. The summed E-state index contributed by atoms with van der Waals surface area (Å²) in [6.07, 6.45) is 1.71. The third-order valence-corrected chi connectivity index (χ3v) is 3.12. The van der Waals surface area contributed by atoms with Crippen molar-refractivity contribution >= 4 is 27.5 Å². The van der Waals surface area contributed by atoms with Gasteiger partial charge in [0.2, 0.25) is 5.89 Å². The van der Waals surface area contributed by atoms with Crippen LogP contribution in [0.1, 0.15) is 17.2 Å². The van der Waals surface area contributed by atoms with E-state index in [1.807, 2.05) is 25.1 Å². The van der Waals surface area contributed by atoms with Crippen LogP contribution in [0.15, 0.2) is 33.3 Å². The van der Waals surface area contributed by atoms with E-state index in [-0.39, 0.29) is 0 Å². The minimum absolute atomic E-state index is 0.597. The molecule has 0 bridgehead atoms. The van der Waals surface area contributed by atoms with E-state index in [1.165, 1.54) is 0 Å². The van der Waals surface area contributed by atoms with Gasteiger partial charge in [-0.3, -0.25) is 0 Å². The monoisotopic (exact) mass is 314 g/mol. The Balaban J connectivity index is 1.90. The first-order valence-corrected chi connectivity index (χ1v) is 6.38. The number of nitrogens with zero attached hydrogens (tertiary/aromatic N) is 1.